The second kappa shape index (κ2) is 6.03. The maximum Gasteiger partial charge on any atom is 0.122 e. The average Bonchev–Trinajstić information content (AvgIpc) is 2.44. The minimum atomic E-state index is 0.348. The van der Waals surface area contributed by atoms with E-state index in [4.69, 9.17) is 5.26 Å². The lowest BCUT2D eigenvalue weighted by molar-refractivity contribution is 0.460. The first-order chi connectivity index (χ1) is 9.20. The van der Waals surface area contributed by atoms with Crippen LogP contribution in [0.2, 0.25) is 0 Å². The second-order valence-electron chi connectivity index (χ2n) is 4.50. The summed E-state index contributed by atoms with van der Waals surface area (Å²) in [6.07, 6.45) is 0. The van der Waals surface area contributed by atoms with Crippen molar-refractivity contribution >= 4 is 0 Å². The largest absolute Gasteiger partial charge is 0.507 e. The summed E-state index contributed by atoms with van der Waals surface area (Å²) >= 11 is 0. The Bertz CT molecular complexity index is 614. The quantitative estimate of drug-likeness (QED) is 0.879. The van der Waals surface area contributed by atoms with Crippen molar-refractivity contribution in [3.05, 3.63) is 64.7 Å². The van der Waals surface area contributed by atoms with Gasteiger partial charge in [-0.25, -0.2) is 0 Å². The molecule has 0 aliphatic carbocycles. The van der Waals surface area contributed by atoms with Crippen LogP contribution >= 0.6 is 0 Å². The number of rotatable bonds is 4. The lowest BCUT2D eigenvalue weighted by Crippen LogP contribution is -2.13. The Kier molecular flexibility index (Phi) is 4.17. The molecule has 0 bridgehead atoms. The molecule has 3 nitrogen and oxygen atoms in total. The molecular weight excluding hydrogens is 236 g/mol. The summed E-state index contributed by atoms with van der Waals surface area (Å²) in [6.45, 7) is 3.16. The minimum absolute atomic E-state index is 0.348. The summed E-state index contributed by atoms with van der Waals surface area (Å²) in [5.41, 5.74) is 3.49. The molecule has 19 heavy (non-hydrogen) atoms. The second-order valence-corrected chi connectivity index (χ2v) is 4.50. The number of nitrogens with one attached hydrogen (secondary N) is 1. The van der Waals surface area contributed by atoms with Crippen molar-refractivity contribution in [2.45, 2.75) is 20.0 Å². The highest BCUT2D eigenvalue weighted by molar-refractivity contribution is 5.39. The van der Waals surface area contributed by atoms with Gasteiger partial charge in [-0.3, -0.25) is 0 Å². The number of phenols is 1. The number of para-hydroxylation sites is 1. The number of hydrogen-bond donors (Lipinski definition) is 2. The molecule has 96 valence electrons. The maximum atomic E-state index is 9.89. The van der Waals surface area contributed by atoms with Gasteiger partial charge in [0, 0.05) is 18.7 Å². The number of hydrogen-bond acceptors (Lipinski definition) is 3. The first-order valence-corrected chi connectivity index (χ1v) is 6.18. The van der Waals surface area contributed by atoms with Crippen molar-refractivity contribution in [2.75, 3.05) is 0 Å². The summed E-state index contributed by atoms with van der Waals surface area (Å²) in [7, 11) is 0. The Morgan fingerprint density at radius 3 is 2.74 bits per heavy atom. The van der Waals surface area contributed by atoms with Crippen LogP contribution in [-0.4, -0.2) is 5.11 Å². The molecule has 0 aliphatic heterocycles. The number of nitrogens with zero attached hydrogens (tertiary/aromatic N) is 1. The molecule has 0 fully saturated rings. The zero-order chi connectivity index (χ0) is 13.7. The molecule has 0 saturated carbocycles. The monoisotopic (exact) mass is 252 g/mol. The van der Waals surface area contributed by atoms with Crippen LogP contribution in [0.3, 0.4) is 0 Å². The molecule has 0 aromatic heterocycles. The molecule has 0 aliphatic rings. The van der Waals surface area contributed by atoms with Crippen LogP contribution in [0.4, 0.5) is 0 Å². The average molecular weight is 252 g/mol. The minimum Gasteiger partial charge on any atom is -0.507 e. The van der Waals surface area contributed by atoms with Gasteiger partial charge in [-0.15, -0.1) is 0 Å². The third-order valence-corrected chi connectivity index (χ3v) is 3.02. The molecule has 0 spiro atoms. The number of aromatic hydroxyl groups is 1. The zero-order valence-electron chi connectivity index (χ0n) is 10.9. The Morgan fingerprint density at radius 2 is 1.95 bits per heavy atom. The number of aryl methyl sites for hydroxylation is 1. The van der Waals surface area contributed by atoms with E-state index in [1.54, 1.807) is 6.07 Å². The molecular formula is C16H16N2O. The van der Waals surface area contributed by atoms with E-state index in [9.17, 15) is 5.11 Å². The van der Waals surface area contributed by atoms with Crippen LogP contribution in [0.5, 0.6) is 5.75 Å². The fourth-order valence-corrected chi connectivity index (χ4v) is 1.95. The van der Waals surface area contributed by atoms with Crippen LogP contribution in [-0.2, 0) is 13.1 Å². The van der Waals surface area contributed by atoms with Gasteiger partial charge in [0.15, 0.2) is 0 Å². The Balaban J connectivity index is 1.96. The van der Waals surface area contributed by atoms with E-state index < -0.39 is 0 Å². The van der Waals surface area contributed by atoms with Gasteiger partial charge >= 0.3 is 0 Å². The van der Waals surface area contributed by atoms with E-state index in [1.807, 2.05) is 43.3 Å². The molecule has 0 atom stereocenters. The SMILES string of the molecule is Cc1cccc(CNCc2cccc(C#N)c2)c1O. The molecule has 0 saturated heterocycles. The van der Waals surface area contributed by atoms with Crippen molar-refractivity contribution in [3.8, 4) is 11.8 Å². The highest BCUT2D eigenvalue weighted by atomic mass is 16.3. The molecule has 0 heterocycles. The number of nitriles is 1. The van der Waals surface area contributed by atoms with Crippen LogP contribution < -0.4 is 5.32 Å². The molecule has 0 amide bonds. The first kappa shape index (κ1) is 13.1. The van der Waals surface area contributed by atoms with Crippen molar-refractivity contribution < 1.29 is 5.11 Å². The molecule has 0 radical (unpaired) electrons. The van der Waals surface area contributed by atoms with Crippen molar-refractivity contribution in [2.24, 2.45) is 0 Å². The molecule has 2 rings (SSSR count). The number of benzene rings is 2. The Morgan fingerprint density at radius 1 is 1.16 bits per heavy atom. The molecule has 2 N–H and O–H groups in total. The van der Waals surface area contributed by atoms with Gasteiger partial charge in [0.25, 0.3) is 0 Å². The lowest BCUT2D eigenvalue weighted by atomic mass is 10.1. The molecule has 3 heteroatoms. The van der Waals surface area contributed by atoms with Crippen molar-refractivity contribution in [1.29, 1.82) is 5.26 Å². The smallest absolute Gasteiger partial charge is 0.122 e. The van der Waals surface area contributed by atoms with Crippen molar-refractivity contribution in [3.63, 3.8) is 0 Å². The van der Waals surface area contributed by atoms with E-state index in [2.05, 4.69) is 11.4 Å². The third-order valence-electron chi connectivity index (χ3n) is 3.02. The predicted molar refractivity (Wildman–Crippen MR) is 74.5 cm³/mol. The van der Waals surface area contributed by atoms with E-state index >= 15 is 0 Å². The van der Waals surface area contributed by atoms with Crippen LogP contribution in [0.15, 0.2) is 42.5 Å². The normalized spacial score (nSPS) is 10.1. The summed E-state index contributed by atoms with van der Waals surface area (Å²) in [5, 5.41) is 22.0. The summed E-state index contributed by atoms with van der Waals surface area (Å²) in [4.78, 5) is 0. The summed E-state index contributed by atoms with van der Waals surface area (Å²) in [6, 6.07) is 15.3. The summed E-state index contributed by atoms with van der Waals surface area (Å²) in [5.74, 6) is 0.348. The van der Waals surface area contributed by atoms with Gasteiger partial charge in [-0.05, 0) is 30.2 Å². The Hall–Kier alpha value is -2.31. The van der Waals surface area contributed by atoms with E-state index in [0.717, 1.165) is 16.7 Å². The fraction of sp³-hybridized carbons (Fsp3) is 0.188. The lowest BCUT2D eigenvalue weighted by Gasteiger charge is -2.08. The standard InChI is InChI=1S/C16H16N2O/c1-12-4-2-7-15(16(12)19)11-18-10-14-6-3-5-13(8-14)9-17/h2-8,18-19H,10-11H2,1H3. The van der Waals surface area contributed by atoms with Gasteiger partial charge < -0.3 is 10.4 Å². The molecule has 2 aromatic carbocycles. The maximum absolute atomic E-state index is 9.89. The molecule has 0 unspecified atom stereocenters. The van der Waals surface area contributed by atoms with Crippen LogP contribution in [0, 0.1) is 18.3 Å². The van der Waals surface area contributed by atoms with E-state index in [-0.39, 0.29) is 0 Å². The van der Waals surface area contributed by atoms with Gasteiger partial charge in [0.1, 0.15) is 5.75 Å². The fourth-order valence-electron chi connectivity index (χ4n) is 1.95. The number of phenolic OH excluding ortho intramolecular Hbond substituents is 1. The Labute approximate surface area is 113 Å². The van der Waals surface area contributed by atoms with Gasteiger partial charge in [-0.2, -0.15) is 5.26 Å². The van der Waals surface area contributed by atoms with Gasteiger partial charge in [0.05, 0.1) is 11.6 Å². The predicted octanol–water partition coefficient (Wildman–Crippen LogP) is 2.86. The van der Waals surface area contributed by atoms with E-state index in [1.165, 1.54) is 0 Å². The van der Waals surface area contributed by atoms with Crippen molar-refractivity contribution in [1.82, 2.24) is 5.32 Å². The topological polar surface area (TPSA) is 56.0 Å². The third kappa shape index (κ3) is 3.34. The van der Waals surface area contributed by atoms with Crippen LogP contribution in [0.25, 0.3) is 0 Å². The zero-order valence-corrected chi connectivity index (χ0v) is 10.9. The highest BCUT2D eigenvalue weighted by Crippen LogP contribution is 2.21. The van der Waals surface area contributed by atoms with E-state index in [0.29, 0.717) is 24.4 Å². The summed E-state index contributed by atoms with van der Waals surface area (Å²) < 4.78 is 0. The highest BCUT2D eigenvalue weighted by Gasteiger charge is 2.03. The molecule has 2 aromatic rings. The van der Waals surface area contributed by atoms with Gasteiger partial charge in [-0.1, -0.05) is 30.3 Å². The van der Waals surface area contributed by atoms with Crippen LogP contribution in [0.1, 0.15) is 22.3 Å². The first-order valence-electron chi connectivity index (χ1n) is 6.18. The van der Waals surface area contributed by atoms with Gasteiger partial charge in [0.2, 0.25) is 0 Å².